The Bertz CT molecular complexity index is 1110. The van der Waals surface area contributed by atoms with E-state index in [0.717, 1.165) is 19.3 Å². The summed E-state index contributed by atoms with van der Waals surface area (Å²) in [5.74, 6) is -2.17. The number of carbonyl (C=O) groups is 2. The van der Waals surface area contributed by atoms with E-state index in [2.05, 4.69) is 27.7 Å². The molecule has 0 saturated carbocycles. The topological polar surface area (TPSA) is 128 Å². The molecule has 0 aliphatic rings. The first-order valence-corrected chi connectivity index (χ1v) is 12.9. The highest BCUT2D eigenvalue weighted by molar-refractivity contribution is 7.92. The average molecular weight is 530 g/mol. The fourth-order valence-electron chi connectivity index (χ4n) is 3.06. The SMILES string of the molecule is CCCCCCCCNC(=O)Nc1cccc(S(=O)(=O)Nc2ccc(NNC(=O)C(F)(F)F)cc2)c1. The number of rotatable bonds is 13. The van der Waals surface area contributed by atoms with Gasteiger partial charge in [-0.3, -0.25) is 20.4 Å². The maximum Gasteiger partial charge on any atom is 0.472 e. The second-order valence-corrected chi connectivity index (χ2v) is 9.62. The molecule has 36 heavy (non-hydrogen) atoms. The van der Waals surface area contributed by atoms with Crippen molar-refractivity contribution in [3.05, 3.63) is 48.5 Å². The lowest BCUT2D eigenvalue weighted by Gasteiger charge is -2.12. The summed E-state index contributed by atoms with van der Waals surface area (Å²) in [5.41, 5.74) is 4.11. The quantitative estimate of drug-likeness (QED) is 0.185. The maximum absolute atomic E-state index is 12.7. The van der Waals surface area contributed by atoms with Crippen LogP contribution in [-0.2, 0) is 14.8 Å². The summed E-state index contributed by atoms with van der Waals surface area (Å²) >= 11 is 0. The fraction of sp³-hybridized carbons (Fsp3) is 0.391. The lowest BCUT2D eigenvalue weighted by atomic mass is 10.1. The van der Waals surface area contributed by atoms with Crippen LogP contribution in [0.3, 0.4) is 0 Å². The van der Waals surface area contributed by atoms with E-state index in [4.69, 9.17) is 0 Å². The van der Waals surface area contributed by atoms with Crippen molar-refractivity contribution >= 4 is 39.0 Å². The molecule has 3 amide bonds. The lowest BCUT2D eigenvalue weighted by Crippen LogP contribution is -2.40. The number of alkyl halides is 3. The molecule has 0 fully saturated rings. The number of hydrazine groups is 1. The van der Waals surface area contributed by atoms with Gasteiger partial charge in [0.25, 0.3) is 10.0 Å². The number of hydrogen-bond acceptors (Lipinski definition) is 5. The number of halogens is 3. The molecule has 0 aromatic heterocycles. The number of anilines is 3. The third-order valence-corrected chi connectivity index (χ3v) is 6.31. The Labute approximate surface area is 208 Å². The molecule has 9 nitrogen and oxygen atoms in total. The first-order chi connectivity index (χ1) is 17.0. The summed E-state index contributed by atoms with van der Waals surface area (Å²) in [6.45, 7) is 2.66. The number of urea groups is 1. The number of amides is 3. The van der Waals surface area contributed by atoms with Crippen LogP contribution in [-0.4, -0.2) is 33.1 Å². The van der Waals surface area contributed by atoms with Crippen LogP contribution in [0, 0.1) is 0 Å². The molecule has 2 aromatic rings. The first-order valence-electron chi connectivity index (χ1n) is 11.4. The van der Waals surface area contributed by atoms with Crippen LogP contribution in [0.25, 0.3) is 0 Å². The number of hydrogen-bond donors (Lipinski definition) is 5. The summed E-state index contributed by atoms with van der Waals surface area (Å²) in [4.78, 5) is 22.8. The van der Waals surface area contributed by atoms with E-state index in [0.29, 0.717) is 12.2 Å². The van der Waals surface area contributed by atoms with Crippen molar-refractivity contribution in [3.63, 3.8) is 0 Å². The number of sulfonamides is 1. The number of unbranched alkanes of at least 4 members (excludes halogenated alkanes) is 5. The molecule has 0 aliphatic heterocycles. The lowest BCUT2D eigenvalue weighted by molar-refractivity contribution is -0.173. The molecule has 198 valence electrons. The van der Waals surface area contributed by atoms with Crippen molar-refractivity contribution in [2.24, 2.45) is 0 Å². The van der Waals surface area contributed by atoms with Crippen LogP contribution >= 0.6 is 0 Å². The van der Waals surface area contributed by atoms with Gasteiger partial charge in [0, 0.05) is 17.9 Å². The third-order valence-electron chi connectivity index (χ3n) is 4.93. The molecule has 2 aromatic carbocycles. The van der Waals surface area contributed by atoms with E-state index in [1.165, 1.54) is 67.2 Å². The molecule has 0 atom stereocenters. The Morgan fingerprint density at radius 1 is 0.861 bits per heavy atom. The molecular formula is C23H30F3N5O4S. The van der Waals surface area contributed by atoms with Gasteiger partial charge in [0.15, 0.2) is 0 Å². The molecule has 0 spiro atoms. The summed E-state index contributed by atoms with van der Waals surface area (Å²) in [7, 11) is -4.02. The fourth-order valence-corrected chi connectivity index (χ4v) is 4.16. The second-order valence-electron chi connectivity index (χ2n) is 7.94. The van der Waals surface area contributed by atoms with Gasteiger partial charge in [0.2, 0.25) is 0 Å². The molecule has 5 N–H and O–H groups in total. The summed E-state index contributed by atoms with van der Waals surface area (Å²) < 4.78 is 64.5. The van der Waals surface area contributed by atoms with Crippen molar-refractivity contribution in [3.8, 4) is 0 Å². The number of nitrogens with one attached hydrogen (secondary N) is 5. The maximum atomic E-state index is 12.7. The predicted octanol–water partition coefficient (Wildman–Crippen LogP) is 4.97. The van der Waals surface area contributed by atoms with E-state index >= 15 is 0 Å². The first kappa shape index (κ1) is 28.8. The second kappa shape index (κ2) is 13.6. The van der Waals surface area contributed by atoms with E-state index in [-0.39, 0.29) is 16.3 Å². The van der Waals surface area contributed by atoms with Gasteiger partial charge in [0.1, 0.15) is 0 Å². The van der Waals surface area contributed by atoms with Crippen LogP contribution in [0.4, 0.5) is 35.0 Å². The van der Waals surface area contributed by atoms with Gasteiger partial charge in [-0.05, 0) is 48.9 Å². The van der Waals surface area contributed by atoms with Crippen molar-refractivity contribution in [2.75, 3.05) is 22.0 Å². The van der Waals surface area contributed by atoms with Gasteiger partial charge >= 0.3 is 18.1 Å². The van der Waals surface area contributed by atoms with Crippen molar-refractivity contribution in [1.82, 2.24) is 10.7 Å². The molecule has 0 bridgehead atoms. The molecule has 0 unspecified atom stereocenters. The van der Waals surface area contributed by atoms with Gasteiger partial charge in [-0.15, -0.1) is 0 Å². The largest absolute Gasteiger partial charge is 0.472 e. The van der Waals surface area contributed by atoms with Gasteiger partial charge < -0.3 is 10.6 Å². The predicted molar refractivity (Wildman–Crippen MR) is 132 cm³/mol. The normalized spacial score (nSPS) is 11.4. The summed E-state index contributed by atoms with van der Waals surface area (Å²) in [5, 5.41) is 5.35. The molecule has 0 radical (unpaired) electrons. The van der Waals surface area contributed by atoms with Crippen LogP contribution < -0.4 is 26.2 Å². The smallest absolute Gasteiger partial charge is 0.338 e. The monoisotopic (exact) mass is 529 g/mol. The standard InChI is InChI=1S/C23H30F3N5O4S/c1-2-3-4-5-6-7-15-27-22(33)28-19-9-8-10-20(16-19)36(34,35)31-18-13-11-17(12-14-18)29-30-21(32)23(24,25)26/h8-14,16,29,31H,2-7,15H2,1H3,(H,30,32)(H2,27,28,33). The zero-order chi connectivity index (χ0) is 26.6. The highest BCUT2D eigenvalue weighted by atomic mass is 32.2. The molecule has 13 heteroatoms. The van der Waals surface area contributed by atoms with Crippen molar-refractivity contribution in [1.29, 1.82) is 0 Å². The van der Waals surface area contributed by atoms with Crippen molar-refractivity contribution in [2.45, 2.75) is 56.5 Å². The molecule has 0 heterocycles. The zero-order valence-corrected chi connectivity index (χ0v) is 20.6. The minimum absolute atomic E-state index is 0.101. The molecular weight excluding hydrogens is 499 g/mol. The van der Waals surface area contributed by atoms with Crippen LogP contribution in [0.15, 0.2) is 53.4 Å². The number of benzene rings is 2. The Morgan fingerprint density at radius 2 is 1.50 bits per heavy atom. The Balaban J connectivity index is 1.88. The highest BCUT2D eigenvalue weighted by Crippen LogP contribution is 2.21. The molecule has 0 saturated heterocycles. The minimum atomic E-state index is -5.04. The van der Waals surface area contributed by atoms with Gasteiger partial charge in [-0.2, -0.15) is 13.2 Å². The Kier molecular flexibility index (Phi) is 10.8. The van der Waals surface area contributed by atoms with E-state index in [9.17, 15) is 31.2 Å². The van der Waals surface area contributed by atoms with Crippen LogP contribution in [0.5, 0.6) is 0 Å². The summed E-state index contributed by atoms with van der Waals surface area (Å²) in [6.07, 6.45) is 1.52. The zero-order valence-electron chi connectivity index (χ0n) is 19.7. The van der Waals surface area contributed by atoms with E-state index in [1.807, 2.05) is 0 Å². The molecule has 2 rings (SSSR count). The van der Waals surface area contributed by atoms with E-state index in [1.54, 1.807) is 6.07 Å². The average Bonchev–Trinajstić information content (AvgIpc) is 2.82. The van der Waals surface area contributed by atoms with Gasteiger partial charge in [0.05, 0.1) is 10.6 Å². The molecule has 0 aliphatic carbocycles. The van der Waals surface area contributed by atoms with Crippen LogP contribution in [0.2, 0.25) is 0 Å². The van der Waals surface area contributed by atoms with Gasteiger partial charge in [-0.1, -0.05) is 45.1 Å². The number of carbonyl (C=O) groups excluding carboxylic acids is 2. The Hall–Kier alpha value is -3.48. The highest BCUT2D eigenvalue weighted by Gasteiger charge is 2.38. The van der Waals surface area contributed by atoms with Crippen molar-refractivity contribution < 1.29 is 31.2 Å². The summed E-state index contributed by atoms with van der Waals surface area (Å²) in [6, 6.07) is 10.4. The van der Waals surface area contributed by atoms with Crippen LogP contribution in [0.1, 0.15) is 45.4 Å². The van der Waals surface area contributed by atoms with Gasteiger partial charge in [-0.25, -0.2) is 13.2 Å². The van der Waals surface area contributed by atoms with E-state index < -0.39 is 28.1 Å². The Morgan fingerprint density at radius 3 is 2.17 bits per heavy atom. The minimum Gasteiger partial charge on any atom is -0.338 e. The third kappa shape index (κ3) is 10.0.